The summed E-state index contributed by atoms with van der Waals surface area (Å²) >= 11 is 3.39. The van der Waals surface area contributed by atoms with E-state index in [1.54, 1.807) is 60.7 Å². The maximum Gasteiger partial charge on any atom is 0.259 e. The molecule has 0 fully saturated rings. The highest BCUT2D eigenvalue weighted by atomic mass is 79.9. The van der Waals surface area contributed by atoms with Gasteiger partial charge in [-0.2, -0.15) is 0 Å². The Morgan fingerprint density at radius 2 is 1.61 bits per heavy atom. The fourth-order valence-electron chi connectivity index (χ4n) is 2.73. The Hall–Kier alpha value is -3.12. The van der Waals surface area contributed by atoms with E-state index in [-0.39, 0.29) is 11.7 Å². The Balaban J connectivity index is 1.95. The highest BCUT2D eigenvalue weighted by Crippen LogP contribution is 2.28. The molecule has 5 nitrogen and oxygen atoms in total. The van der Waals surface area contributed by atoms with E-state index >= 15 is 0 Å². The maximum absolute atomic E-state index is 12.9. The highest BCUT2D eigenvalue weighted by Gasteiger charge is 2.19. The first-order valence-corrected chi connectivity index (χ1v) is 9.25. The van der Waals surface area contributed by atoms with Gasteiger partial charge in [-0.05, 0) is 30.3 Å². The number of carbonyl (C=O) groups excluding carboxylic acids is 2. The number of hydrogen-bond donors (Lipinski definition) is 1. The summed E-state index contributed by atoms with van der Waals surface area (Å²) < 4.78 is 11.2. The number of amides is 1. The zero-order valence-electron chi connectivity index (χ0n) is 15.4. The molecule has 0 aliphatic rings. The van der Waals surface area contributed by atoms with Crippen LogP contribution >= 0.6 is 15.9 Å². The lowest BCUT2D eigenvalue weighted by Crippen LogP contribution is -2.16. The van der Waals surface area contributed by atoms with Crippen LogP contribution in [0.4, 0.5) is 5.69 Å². The summed E-state index contributed by atoms with van der Waals surface area (Å²) in [4.78, 5) is 25.8. The monoisotopic (exact) mass is 439 g/mol. The number of anilines is 1. The van der Waals surface area contributed by atoms with Crippen molar-refractivity contribution in [2.75, 3.05) is 19.5 Å². The normalized spacial score (nSPS) is 10.2. The molecule has 1 N–H and O–H groups in total. The van der Waals surface area contributed by atoms with Gasteiger partial charge in [0.2, 0.25) is 0 Å². The molecule has 0 saturated carbocycles. The number of benzene rings is 3. The molecule has 142 valence electrons. The van der Waals surface area contributed by atoms with E-state index in [0.717, 1.165) is 4.47 Å². The Labute approximate surface area is 171 Å². The summed E-state index contributed by atoms with van der Waals surface area (Å²) in [7, 11) is 3.02. The standard InChI is InChI=1S/C22H18BrNO4/c1-27-16-9-10-17(20(13-16)28-2)22(26)24-19-11-8-15(23)12-18(19)21(25)14-6-4-3-5-7-14/h3-13H,1-2H3,(H,24,26). The third kappa shape index (κ3) is 4.23. The molecule has 6 heteroatoms. The third-order valence-corrected chi connectivity index (χ3v) is 4.66. The lowest BCUT2D eigenvalue weighted by molar-refractivity contribution is 0.102. The van der Waals surface area contributed by atoms with Gasteiger partial charge in [-0.15, -0.1) is 0 Å². The number of ketones is 1. The Morgan fingerprint density at radius 1 is 0.857 bits per heavy atom. The summed E-state index contributed by atoms with van der Waals surface area (Å²) in [5.74, 6) is 0.393. The second-order valence-corrected chi connectivity index (χ2v) is 6.82. The van der Waals surface area contributed by atoms with Crippen molar-refractivity contribution in [2.45, 2.75) is 0 Å². The summed E-state index contributed by atoms with van der Waals surface area (Å²) in [6.45, 7) is 0. The van der Waals surface area contributed by atoms with E-state index in [4.69, 9.17) is 9.47 Å². The van der Waals surface area contributed by atoms with Crippen molar-refractivity contribution in [3.63, 3.8) is 0 Å². The van der Waals surface area contributed by atoms with Crippen molar-refractivity contribution in [3.05, 3.63) is 87.9 Å². The van der Waals surface area contributed by atoms with Crippen molar-refractivity contribution < 1.29 is 19.1 Å². The summed E-state index contributed by atoms with van der Waals surface area (Å²) in [6, 6.07) is 19.0. The summed E-state index contributed by atoms with van der Waals surface area (Å²) in [5, 5.41) is 2.82. The molecule has 28 heavy (non-hydrogen) atoms. The largest absolute Gasteiger partial charge is 0.497 e. The zero-order valence-corrected chi connectivity index (χ0v) is 16.9. The van der Waals surface area contributed by atoms with Gasteiger partial charge in [0.25, 0.3) is 5.91 Å². The molecule has 0 heterocycles. The molecule has 0 spiro atoms. The fourth-order valence-corrected chi connectivity index (χ4v) is 3.10. The lowest BCUT2D eigenvalue weighted by atomic mass is 10.0. The maximum atomic E-state index is 12.9. The highest BCUT2D eigenvalue weighted by molar-refractivity contribution is 9.10. The number of rotatable bonds is 6. The lowest BCUT2D eigenvalue weighted by Gasteiger charge is -2.13. The van der Waals surface area contributed by atoms with Gasteiger partial charge in [-0.1, -0.05) is 46.3 Å². The number of methoxy groups -OCH3 is 2. The molecule has 0 aliphatic carbocycles. The zero-order chi connectivity index (χ0) is 20.1. The predicted octanol–water partition coefficient (Wildman–Crippen LogP) is 4.95. The first kappa shape index (κ1) is 19.6. The topological polar surface area (TPSA) is 64.6 Å². The molecule has 3 rings (SSSR count). The first-order valence-electron chi connectivity index (χ1n) is 8.46. The van der Waals surface area contributed by atoms with E-state index in [2.05, 4.69) is 21.2 Å². The van der Waals surface area contributed by atoms with Gasteiger partial charge in [-0.3, -0.25) is 9.59 Å². The predicted molar refractivity (Wildman–Crippen MR) is 112 cm³/mol. The van der Waals surface area contributed by atoms with E-state index in [1.165, 1.54) is 14.2 Å². The van der Waals surface area contributed by atoms with Crippen LogP contribution < -0.4 is 14.8 Å². The smallest absolute Gasteiger partial charge is 0.259 e. The van der Waals surface area contributed by atoms with Crippen molar-refractivity contribution >= 4 is 33.3 Å². The minimum absolute atomic E-state index is 0.182. The van der Waals surface area contributed by atoms with Crippen LogP contribution in [0, 0.1) is 0 Å². The summed E-state index contributed by atoms with van der Waals surface area (Å²) in [6.07, 6.45) is 0. The molecule has 0 radical (unpaired) electrons. The Morgan fingerprint density at radius 3 is 2.29 bits per heavy atom. The fraction of sp³-hybridized carbons (Fsp3) is 0.0909. The van der Waals surface area contributed by atoms with Gasteiger partial charge < -0.3 is 14.8 Å². The minimum Gasteiger partial charge on any atom is -0.497 e. The first-order chi connectivity index (χ1) is 13.5. The minimum atomic E-state index is -0.385. The number of carbonyl (C=O) groups is 2. The average molecular weight is 440 g/mol. The van der Waals surface area contributed by atoms with Gasteiger partial charge in [0.1, 0.15) is 11.5 Å². The molecule has 0 bridgehead atoms. The van der Waals surface area contributed by atoms with Crippen molar-refractivity contribution in [2.24, 2.45) is 0 Å². The molecule has 1 amide bonds. The average Bonchev–Trinajstić information content (AvgIpc) is 2.74. The number of hydrogen-bond acceptors (Lipinski definition) is 4. The van der Waals surface area contributed by atoms with Crippen molar-refractivity contribution in [1.29, 1.82) is 0 Å². The van der Waals surface area contributed by atoms with Gasteiger partial charge in [0.15, 0.2) is 5.78 Å². The Bertz CT molecular complexity index is 1020. The van der Waals surface area contributed by atoms with Gasteiger partial charge in [-0.25, -0.2) is 0 Å². The van der Waals surface area contributed by atoms with Gasteiger partial charge >= 0.3 is 0 Å². The quantitative estimate of drug-likeness (QED) is 0.551. The van der Waals surface area contributed by atoms with Crippen LogP contribution in [0.1, 0.15) is 26.3 Å². The summed E-state index contributed by atoms with van der Waals surface area (Å²) in [5.41, 5.74) is 1.68. The van der Waals surface area contributed by atoms with Gasteiger partial charge in [0, 0.05) is 21.7 Å². The SMILES string of the molecule is COc1ccc(C(=O)Nc2ccc(Br)cc2C(=O)c2ccccc2)c(OC)c1. The van der Waals surface area contributed by atoms with E-state index in [9.17, 15) is 9.59 Å². The Kier molecular flexibility index (Phi) is 6.11. The molecule has 0 unspecified atom stereocenters. The van der Waals surface area contributed by atoms with E-state index in [1.807, 2.05) is 6.07 Å². The number of ether oxygens (including phenoxy) is 2. The van der Waals surface area contributed by atoms with Crippen LogP contribution in [0.3, 0.4) is 0 Å². The molecule has 3 aromatic rings. The van der Waals surface area contributed by atoms with Crippen molar-refractivity contribution in [3.8, 4) is 11.5 Å². The molecule has 0 saturated heterocycles. The number of nitrogens with one attached hydrogen (secondary N) is 1. The second kappa shape index (κ2) is 8.71. The number of halogens is 1. The molecule has 3 aromatic carbocycles. The van der Waals surface area contributed by atoms with Crippen LogP contribution in [0.5, 0.6) is 11.5 Å². The van der Waals surface area contributed by atoms with Crippen LogP contribution in [-0.4, -0.2) is 25.9 Å². The third-order valence-electron chi connectivity index (χ3n) is 4.16. The van der Waals surface area contributed by atoms with Gasteiger partial charge in [0.05, 0.1) is 25.5 Å². The van der Waals surface area contributed by atoms with Crippen LogP contribution in [0.25, 0.3) is 0 Å². The van der Waals surface area contributed by atoms with Crippen LogP contribution in [0.2, 0.25) is 0 Å². The van der Waals surface area contributed by atoms with E-state index in [0.29, 0.717) is 33.9 Å². The molecule has 0 aromatic heterocycles. The van der Waals surface area contributed by atoms with Crippen LogP contribution in [0.15, 0.2) is 71.2 Å². The molecule has 0 atom stereocenters. The van der Waals surface area contributed by atoms with E-state index < -0.39 is 0 Å². The van der Waals surface area contributed by atoms with Crippen LogP contribution in [-0.2, 0) is 0 Å². The molecular weight excluding hydrogens is 422 g/mol. The molecular formula is C22H18BrNO4. The second-order valence-electron chi connectivity index (χ2n) is 5.91. The molecule has 0 aliphatic heterocycles. The van der Waals surface area contributed by atoms with Crippen molar-refractivity contribution in [1.82, 2.24) is 0 Å².